The molecule has 1 aliphatic rings. The van der Waals surface area contributed by atoms with Crippen LogP contribution >= 0.6 is 0 Å². The summed E-state index contributed by atoms with van der Waals surface area (Å²) in [5.41, 5.74) is 1.87. The summed E-state index contributed by atoms with van der Waals surface area (Å²) < 4.78 is 27.7. The minimum absolute atomic E-state index is 0.289. The van der Waals surface area contributed by atoms with Gasteiger partial charge in [-0.3, -0.25) is 0 Å². The second kappa shape index (κ2) is 4.37. The Bertz CT molecular complexity index is 492. The van der Waals surface area contributed by atoms with Gasteiger partial charge in [0, 0.05) is 5.71 Å². The van der Waals surface area contributed by atoms with Crippen LogP contribution < -0.4 is 0 Å². The minimum atomic E-state index is -3.47. The van der Waals surface area contributed by atoms with Gasteiger partial charge in [-0.1, -0.05) is 17.7 Å². The summed E-state index contributed by atoms with van der Waals surface area (Å²) in [6.07, 6.45) is 3.76. The molecule has 1 fully saturated rings. The van der Waals surface area contributed by atoms with Gasteiger partial charge in [0.15, 0.2) is 0 Å². The fourth-order valence-electron chi connectivity index (χ4n) is 1.81. The van der Waals surface area contributed by atoms with E-state index in [0.29, 0.717) is 0 Å². The van der Waals surface area contributed by atoms with Crippen molar-refractivity contribution in [1.82, 2.24) is 0 Å². The first-order valence-electron chi connectivity index (χ1n) is 5.47. The van der Waals surface area contributed by atoms with E-state index >= 15 is 0 Å². The van der Waals surface area contributed by atoms with E-state index in [1.54, 1.807) is 24.3 Å². The maximum Gasteiger partial charge on any atom is 0.282 e. The highest BCUT2D eigenvalue weighted by Gasteiger charge is 2.16. The molecule has 3 nitrogen and oxygen atoms in total. The quantitative estimate of drug-likeness (QED) is 0.794. The first kappa shape index (κ1) is 11.3. The van der Waals surface area contributed by atoms with Crippen LogP contribution in [0.5, 0.6) is 0 Å². The molecule has 1 aromatic carbocycles. The molecule has 0 radical (unpaired) electrons. The summed E-state index contributed by atoms with van der Waals surface area (Å²) in [6.45, 7) is 1.93. The second-order valence-corrected chi connectivity index (χ2v) is 5.76. The Hall–Kier alpha value is -1.16. The summed E-state index contributed by atoms with van der Waals surface area (Å²) in [4.78, 5) is 0.289. The van der Waals surface area contributed by atoms with Crippen LogP contribution in [0.25, 0.3) is 0 Å². The fourth-order valence-corrected chi connectivity index (χ4v) is 2.92. The van der Waals surface area contributed by atoms with E-state index in [2.05, 4.69) is 4.40 Å². The number of sulfonamides is 1. The van der Waals surface area contributed by atoms with Crippen LogP contribution in [0, 0.1) is 6.92 Å². The van der Waals surface area contributed by atoms with Crippen LogP contribution in [0.3, 0.4) is 0 Å². The molecule has 16 heavy (non-hydrogen) atoms. The summed E-state index contributed by atoms with van der Waals surface area (Å²) in [7, 11) is -3.47. The van der Waals surface area contributed by atoms with Crippen LogP contribution in [0.15, 0.2) is 33.6 Å². The molecule has 1 saturated carbocycles. The number of aryl methyl sites for hydroxylation is 1. The summed E-state index contributed by atoms with van der Waals surface area (Å²) in [6, 6.07) is 6.82. The standard InChI is InChI=1S/C12H15NO2S/c1-10-6-8-12(9-7-10)16(14,15)13-11-4-2-3-5-11/h6-9H,2-5H2,1H3. The van der Waals surface area contributed by atoms with E-state index in [1.807, 2.05) is 6.92 Å². The molecule has 0 bridgehead atoms. The molecule has 0 amide bonds. The van der Waals surface area contributed by atoms with Gasteiger partial charge >= 0.3 is 0 Å². The van der Waals surface area contributed by atoms with Crippen molar-refractivity contribution in [2.24, 2.45) is 4.40 Å². The van der Waals surface area contributed by atoms with E-state index in [4.69, 9.17) is 0 Å². The van der Waals surface area contributed by atoms with Gasteiger partial charge in [-0.2, -0.15) is 12.8 Å². The van der Waals surface area contributed by atoms with Gasteiger partial charge in [-0.15, -0.1) is 0 Å². The average molecular weight is 237 g/mol. The molecule has 4 heteroatoms. The molecule has 0 N–H and O–H groups in total. The molecule has 0 aromatic heterocycles. The van der Waals surface area contributed by atoms with E-state index in [9.17, 15) is 8.42 Å². The minimum Gasteiger partial charge on any atom is -0.199 e. The van der Waals surface area contributed by atoms with Gasteiger partial charge in [-0.25, -0.2) is 0 Å². The first-order chi connectivity index (χ1) is 7.58. The van der Waals surface area contributed by atoms with E-state index in [0.717, 1.165) is 37.0 Å². The van der Waals surface area contributed by atoms with E-state index in [1.165, 1.54) is 0 Å². The summed E-state index contributed by atoms with van der Waals surface area (Å²) in [5.74, 6) is 0. The van der Waals surface area contributed by atoms with Gasteiger partial charge in [0.05, 0.1) is 4.90 Å². The smallest absolute Gasteiger partial charge is 0.199 e. The van der Waals surface area contributed by atoms with E-state index in [-0.39, 0.29) is 4.90 Å². The number of benzene rings is 1. The average Bonchev–Trinajstić information content (AvgIpc) is 2.70. The van der Waals surface area contributed by atoms with Gasteiger partial charge in [0.2, 0.25) is 0 Å². The zero-order chi connectivity index (χ0) is 11.6. The normalized spacial score (nSPS) is 16.4. The molecule has 1 aliphatic carbocycles. The van der Waals surface area contributed by atoms with Crippen molar-refractivity contribution in [3.8, 4) is 0 Å². The van der Waals surface area contributed by atoms with Crippen LogP contribution in [0.4, 0.5) is 0 Å². The van der Waals surface area contributed by atoms with Gasteiger partial charge < -0.3 is 0 Å². The zero-order valence-corrected chi connectivity index (χ0v) is 10.1. The molecule has 0 saturated heterocycles. The Morgan fingerprint density at radius 1 is 1.06 bits per heavy atom. The van der Waals surface area contributed by atoms with Crippen LogP contribution in [0.1, 0.15) is 31.2 Å². The summed E-state index contributed by atoms with van der Waals surface area (Å²) in [5, 5.41) is 0. The largest absolute Gasteiger partial charge is 0.282 e. The highest BCUT2D eigenvalue weighted by Crippen LogP contribution is 2.19. The molecular formula is C12H15NO2S. The molecule has 0 heterocycles. The molecule has 0 aliphatic heterocycles. The number of hydrogen-bond donors (Lipinski definition) is 0. The van der Waals surface area contributed by atoms with Crippen molar-refractivity contribution in [1.29, 1.82) is 0 Å². The maximum absolute atomic E-state index is 11.9. The topological polar surface area (TPSA) is 46.5 Å². The zero-order valence-electron chi connectivity index (χ0n) is 9.31. The van der Waals surface area contributed by atoms with Crippen LogP contribution in [0.2, 0.25) is 0 Å². The third-order valence-electron chi connectivity index (χ3n) is 2.75. The Morgan fingerprint density at radius 3 is 2.19 bits per heavy atom. The SMILES string of the molecule is Cc1ccc(S(=O)(=O)N=C2CCCC2)cc1. The molecule has 1 aromatic rings. The van der Waals surface area contributed by atoms with Gasteiger partial charge in [0.25, 0.3) is 10.0 Å². The fraction of sp³-hybridized carbons (Fsp3) is 0.417. The predicted molar refractivity (Wildman–Crippen MR) is 64.3 cm³/mol. The lowest BCUT2D eigenvalue weighted by Gasteiger charge is -2.00. The van der Waals surface area contributed by atoms with Gasteiger partial charge in [0.1, 0.15) is 0 Å². The molecule has 0 atom stereocenters. The van der Waals surface area contributed by atoms with Crippen molar-refractivity contribution in [2.75, 3.05) is 0 Å². The number of rotatable bonds is 2. The van der Waals surface area contributed by atoms with Crippen molar-refractivity contribution >= 4 is 15.7 Å². The molecule has 0 unspecified atom stereocenters. The molecular weight excluding hydrogens is 222 g/mol. The monoisotopic (exact) mass is 237 g/mol. The lowest BCUT2D eigenvalue weighted by Crippen LogP contribution is -2.01. The number of nitrogens with zero attached hydrogens (tertiary/aromatic N) is 1. The predicted octanol–water partition coefficient (Wildman–Crippen LogP) is 2.70. The molecule has 0 spiro atoms. The van der Waals surface area contributed by atoms with Crippen molar-refractivity contribution in [3.05, 3.63) is 29.8 Å². The Labute approximate surface area is 96.3 Å². The lowest BCUT2D eigenvalue weighted by atomic mass is 10.2. The van der Waals surface area contributed by atoms with Crippen molar-refractivity contribution < 1.29 is 8.42 Å². The van der Waals surface area contributed by atoms with Gasteiger partial charge in [-0.05, 0) is 44.7 Å². The first-order valence-corrected chi connectivity index (χ1v) is 6.91. The van der Waals surface area contributed by atoms with Crippen molar-refractivity contribution in [2.45, 2.75) is 37.5 Å². The summed E-state index contributed by atoms with van der Waals surface area (Å²) >= 11 is 0. The van der Waals surface area contributed by atoms with Crippen LogP contribution in [-0.4, -0.2) is 14.1 Å². The van der Waals surface area contributed by atoms with Crippen LogP contribution in [-0.2, 0) is 10.0 Å². The third kappa shape index (κ3) is 2.50. The highest BCUT2D eigenvalue weighted by atomic mass is 32.2. The number of hydrogen-bond acceptors (Lipinski definition) is 2. The molecule has 2 rings (SSSR count). The Morgan fingerprint density at radius 2 is 1.62 bits per heavy atom. The Kier molecular flexibility index (Phi) is 3.10. The molecule has 86 valence electrons. The third-order valence-corrected chi connectivity index (χ3v) is 4.12. The Balaban J connectivity index is 2.31. The maximum atomic E-state index is 11.9. The van der Waals surface area contributed by atoms with E-state index < -0.39 is 10.0 Å². The highest BCUT2D eigenvalue weighted by molar-refractivity contribution is 7.90. The van der Waals surface area contributed by atoms with Crippen molar-refractivity contribution in [3.63, 3.8) is 0 Å². The second-order valence-electron chi connectivity index (χ2n) is 4.15. The lowest BCUT2D eigenvalue weighted by molar-refractivity contribution is 0.598.